The summed E-state index contributed by atoms with van der Waals surface area (Å²) in [7, 11) is 0. The number of aromatic nitrogens is 1. The van der Waals surface area contributed by atoms with Gasteiger partial charge in [-0.2, -0.15) is 0 Å². The summed E-state index contributed by atoms with van der Waals surface area (Å²) in [6.45, 7) is 5.47. The molecule has 25 heavy (non-hydrogen) atoms. The van der Waals surface area contributed by atoms with E-state index in [0.717, 1.165) is 32.6 Å². The fourth-order valence-electron chi connectivity index (χ4n) is 2.72. The SMILES string of the molecule is CC(=O)Nc1nc2ccc(CC(=O)Nc3cc(C)cc(C)c3)cc2s1. The summed E-state index contributed by atoms with van der Waals surface area (Å²) in [5.41, 5.74) is 4.77. The zero-order valence-electron chi connectivity index (χ0n) is 14.3. The Hall–Kier alpha value is -2.73. The number of carbonyl (C=O) groups excluding carboxylic acids is 2. The van der Waals surface area contributed by atoms with Gasteiger partial charge in [-0.3, -0.25) is 9.59 Å². The van der Waals surface area contributed by atoms with E-state index in [1.54, 1.807) is 0 Å². The molecule has 3 rings (SSSR count). The lowest BCUT2D eigenvalue weighted by atomic mass is 10.1. The number of thiazole rings is 1. The second-order valence-electron chi connectivity index (χ2n) is 6.10. The molecule has 0 unspecified atom stereocenters. The van der Waals surface area contributed by atoms with Crippen LogP contribution in [0.25, 0.3) is 10.2 Å². The molecule has 2 amide bonds. The van der Waals surface area contributed by atoms with Crippen LogP contribution >= 0.6 is 11.3 Å². The van der Waals surface area contributed by atoms with Crippen molar-refractivity contribution in [3.05, 3.63) is 53.1 Å². The van der Waals surface area contributed by atoms with Gasteiger partial charge in [0.25, 0.3) is 0 Å². The number of carbonyl (C=O) groups is 2. The Morgan fingerprint density at radius 2 is 1.76 bits per heavy atom. The van der Waals surface area contributed by atoms with Gasteiger partial charge in [-0.15, -0.1) is 0 Å². The van der Waals surface area contributed by atoms with Crippen LogP contribution in [0.1, 0.15) is 23.6 Å². The van der Waals surface area contributed by atoms with E-state index in [1.807, 2.05) is 44.2 Å². The Bertz CT molecular complexity index is 942. The molecule has 128 valence electrons. The van der Waals surface area contributed by atoms with Crippen molar-refractivity contribution in [3.63, 3.8) is 0 Å². The summed E-state index contributed by atoms with van der Waals surface area (Å²) < 4.78 is 0.945. The first kappa shape index (κ1) is 17.1. The van der Waals surface area contributed by atoms with Crippen LogP contribution in [0.5, 0.6) is 0 Å². The first-order valence-corrected chi connectivity index (χ1v) is 8.76. The molecule has 6 heteroatoms. The monoisotopic (exact) mass is 353 g/mol. The molecule has 5 nitrogen and oxygen atoms in total. The van der Waals surface area contributed by atoms with Crippen molar-refractivity contribution in [3.8, 4) is 0 Å². The molecule has 2 aromatic carbocycles. The van der Waals surface area contributed by atoms with Crippen molar-refractivity contribution in [2.75, 3.05) is 10.6 Å². The number of aryl methyl sites for hydroxylation is 2. The highest BCUT2D eigenvalue weighted by atomic mass is 32.1. The number of amides is 2. The minimum absolute atomic E-state index is 0.0593. The van der Waals surface area contributed by atoms with Gasteiger partial charge in [0, 0.05) is 12.6 Å². The summed E-state index contributed by atoms with van der Waals surface area (Å²) in [5, 5.41) is 6.20. The maximum absolute atomic E-state index is 12.3. The van der Waals surface area contributed by atoms with Crippen LogP contribution in [0.4, 0.5) is 10.8 Å². The number of nitrogens with zero attached hydrogens (tertiary/aromatic N) is 1. The molecule has 1 heterocycles. The molecule has 0 fully saturated rings. The zero-order chi connectivity index (χ0) is 18.0. The Labute approximate surface area is 150 Å². The van der Waals surface area contributed by atoms with E-state index in [2.05, 4.69) is 21.7 Å². The molecule has 0 aliphatic rings. The van der Waals surface area contributed by atoms with Crippen LogP contribution in [0.15, 0.2) is 36.4 Å². The Morgan fingerprint density at radius 1 is 1.04 bits per heavy atom. The first-order chi connectivity index (χ1) is 11.9. The molecule has 0 atom stereocenters. The van der Waals surface area contributed by atoms with Crippen molar-refractivity contribution >= 4 is 44.2 Å². The quantitative estimate of drug-likeness (QED) is 0.743. The molecular formula is C19H19N3O2S. The highest BCUT2D eigenvalue weighted by Gasteiger charge is 2.09. The predicted molar refractivity (Wildman–Crippen MR) is 102 cm³/mol. The Morgan fingerprint density at radius 3 is 2.44 bits per heavy atom. The standard InChI is InChI=1S/C19H19N3O2S/c1-11-6-12(2)8-15(7-11)21-18(24)10-14-4-5-16-17(9-14)25-19(22-16)20-13(3)23/h4-9H,10H2,1-3H3,(H,21,24)(H,20,22,23). The van der Waals surface area contributed by atoms with E-state index in [1.165, 1.54) is 18.3 Å². The average Bonchev–Trinajstić information content (AvgIpc) is 2.86. The summed E-state index contributed by atoms with van der Waals surface area (Å²) in [4.78, 5) is 27.8. The normalized spacial score (nSPS) is 10.7. The third-order valence-corrected chi connectivity index (χ3v) is 4.54. The number of fused-ring (bicyclic) bond motifs is 1. The van der Waals surface area contributed by atoms with Gasteiger partial charge in [-0.25, -0.2) is 4.98 Å². The number of nitrogens with one attached hydrogen (secondary N) is 2. The van der Waals surface area contributed by atoms with E-state index in [9.17, 15) is 9.59 Å². The van der Waals surface area contributed by atoms with Crippen LogP contribution < -0.4 is 10.6 Å². The largest absolute Gasteiger partial charge is 0.326 e. The molecule has 1 aromatic heterocycles. The van der Waals surface area contributed by atoms with Crippen molar-refractivity contribution < 1.29 is 9.59 Å². The van der Waals surface area contributed by atoms with Gasteiger partial charge in [-0.1, -0.05) is 23.5 Å². The van der Waals surface area contributed by atoms with Crippen LogP contribution in [0.2, 0.25) is 0 Å². The molecule has 0 aliphatic carbocycles. The van der Waals surface area contributed by atoms with Gasteiger partial charge in [0.2, 0.25) is 11.8 Å². The molecule has 0 bridgehead atoms. The van der Waals surface area contributed by atoms with E-state index in [0.29, 0.717) is 5.13 Å². The molecule has 0 saturated carbocycles. The minimum atomic E-state index is -0.146. The number of rotatable bonds is 4. The molecule has 2 N–H and O–H groups in total. The summed E-state index contributed by atoms with van der Waals surface area (Å²) in [6, 6.07) is 11.7. The topological polar surface area (TPSA) is 71.1 Å². The number of benzene rings is 2. The molecule has 0 radical (unpaired) electrons. The van der Waals surface area contributed by atoms with E-state index in [-0.39, 0.29) is 18.2 Å². The fraction of sp³-hybridized carbons (Fsp3) is 0.211. The van der Waals surface area contributed by atoms with Crippen LogP contribution in [-0.2, 0) is 16.0 Å². The smallest absolute Gasteiger partial charge is 0.228 e. The first-order valence-electron chi connectivity index (χ1n) is 7.94. The lowest BCUT2D eigenvalue weighted by Crippen LogP contribution is -2.14. The van der Waals surface area contributed by atoms with Gasteiger partial charge < -0.3 is 10.6 Å². The number of hydrogen-bond donors (Lipinski definition) is 2. The molecule has 0 saturated heterocycles. The Balaban J connectivity index is 1.73. The summed E-state index contributed by atoms with van der Waals surface area (Å²) in [5.74, 6) is -0.206. The van der Waals surface area contributed by atoms with Gasteiger partial charge in [0.05, 0.1) is 16.6 Å². The fourth-order valence-corrected chi connectivity index (χ4v) is 3.70. The molecule has 3 aromatic rings. The third-order valence-electron chi connectivity index (χ3n) is 3.61. The maximum atomic E-state index is 12.3. The van der Waals surface area contributed by atoms with Crippen molar-refractivity contribution in [2.24, 2.45) is 0 Å². The third kappa shape index (κ3) is 4.42. The second-order valence-corrected chi connectivity index (χ2v) is 7.13. The average molecular weight is 353 g/mol. The zero-order valence-corrected chi connectivity index (χ0v) is 15.2. The van der Waals surface area contributed by atoms with E-state index >= 15 is 0 Å². The van der Waals surface area contributed by atoms with Crippen molar-refractivity contribution in [1.82, 2.24) is 4.98 Å². The minimum Gasteiger partial charge on any atom is -0.326 e. The lowest BCUT2D eigenvalue weighted by Gasteiger charge is -2.07. The number of hydrogen-bond acceptors (Lipinski definition) is 4. The van der Waals surface area contributed by atoms with E-state index < -0.39 is 0 Å². The number of anilines is 2. The molecule has 0 aliphatic heterocycles. The van der Waals surface area contributed by atoms with Crippen LogP contribution in [0, 0.1) is 13.8 Å². The van der Waals surface area contributed by atoms with E-state index in [4.69, 9.17) is 0 Å². The highest BCUT2D eigenvalue weighted by Crippen LogP contribution is 2.27. The highest BCUT2D eigenvalue weighted by molar-refractivity contribution is 7.22. The second kappa shape index (κ2) is 7.03. The van der Waals surface area contributed by atoms with Gasteiger partial charge in [0.15, 0.2) is 5.13 Å². The lowest BCUT2D eigenvalue weighted by molar-refractivity contribution is -0.116. The van der Waals surface area contributed by atoms with Crippen LogP contribution in [0.3, 0.4) is 0 Å². The maximum Gasteiger partial charge on any atom is 0.228 e. The summed E-state index contributed by atoms with van der Waals surface area (Å²) in [6.07, 6.45) is 0.288. The van der Waals surface area contributed by atoms with Gasteiger partial charge >= 0.3 is 0 Å². The van der Waals surface area contributed by atoms with Crippen molar-refractivity contribution in [2.45, 2.75) is 27.2 Å². The van der Waals surface area contributed by atoms with Crippen molar-refractivity contribution in [1.29, 1.82) is 0 Å². The Kier molecular flexibility index (Phi) is 4.81. The molecular weight excluding hydrogens is 334 g/mol. The van der Waals surface area contributed by atoms with Crippen LogP contribution in [-0.4, -0.2) is 16.8 Å². The predicted octanol–water partition coefficient (Wildman–Crippen LogP) is 4.05. The van der Waals surface area contributed by atoms with Gasteiger partial charge in [0.1, 0.15) is 0 Å². The summed E-state index contributed by atoms with van der Waals surface area (Å²) >= 11 is 1.40. The van der Waals surface area contributed by atoms with Gasteiger partial charge in [-0.05, 0) is 54.8 Å². The molecule has 0 spiro atoms.